The van der Waals surface area contributed by atoms with Crippen molar-refractivity contribution in [2.45, 2.75) is 57.0 Å². The van der Waals surface area contributed by atoms with Crippen LogP contribution in [-0.4, -0.2) is 114 Å². The van der Waals surface area contributed by atoms with Gasteiger partial charge in [0.15, 0.2) is 0 Å². The van der Waals surface area contributed by atoms with Crippen LogP contribution in [0.5, 0.6) is 0 Å². The second-order valence-corrected chi connectivity index (χ2v) is 23.8. The van der Waals surface area contributed by atoms with Crippen LogP contribution in [-0.2, 0) is 31.3 Å². The first-order valence-corrected chi connectivity index (χ1v) is 23.5. The Bertz CT molecular complexity index is 2840. The van der Waals surface area contributed by atoms with E-state index in [9.17, 15) is 0 Å². The standard InChI is InChI=1S/C45H48B14N2O/c46-40(47)11-13-42(50,51)25-19-33-29(15-23(25)40)58(21-7-3-1-4-8-21)31-17-27-35-28(45(56,57)44(27,54)55)18-32-38-36(35)37(31)60(33)39(62)61(38)34-20-26-24(41(48,49)12-14-43(26,52)53)16-30(34)59(32)22-9-5-2-6-10-22/h1-10,15-20H,11-14,46-57H2. The number of nitrogens with zero attached hydrogens (tertiary/aromatic N) is 2. The highest BCUT2D eigenvalue weighted by Crippen LogP contribution is 2.57. The van der Waals surface area contributed by atoms with Gasteiger partial charge >= 0.3 is 6.03 Å². The maximum Gasteiger partial charge on any atom is 0.338 e. The van der Waals surface area contributed by atoms with Crippen molar-refractivity contribution in [3.8, 4) is 0 Å². The van der Waals surface area contributed by atoms with E-state index in [-0.39, 0.29) is 50.7 Å². The van der Waals surface area contributed by atoms with Gasteiger partial charge in [-0.05, 0) is 39.4 Å². The molecular weight excluding hydrogens is 736 g/mol. The smallest absolute Gasteiger partial charge is 0.263 e. The Balaban J connectivity index is 1.29. The quantitative estimate of drug-likeness (QED) is 0.161. The molecule has 12 rings (SSSR count). The molecule has 3 aliphatic carbocycles. The minimum absolute atomic E-state index is 0.0195. The third-order valence-electron chi connectivity index (χ3n) is 18.1. The van der Waals surface area contributed by atoms with Crippen LogP contribution in [0, 0.1) is 0 Å². The largest absolute Gasteiger partial charge is 0.338 e. The van der Waals surface area contributed by atoms with Gasteiger partial charge in [-0.3, -0.25) is 9.80 Å². The summed E-state index contributed by atoms with van der Waals surface area (Å²) in [5.41, 5.74) is 20.3. The number of benzene rings is 6. The van der Waals surface area contributed by atoms with Gasteiger partial charge in [0.05, 0.1) is 11.4 Å². The number of hydrogen-bond acceptors (Lipinski definition) is 1. The first kappa shape index (κ1) is 39.4. The van der Waals surface area contributed by atoms with Gasteiger partial charge in [0.25, 0.3) is 0 Å². The van der Waals surface area contributed by atoms with E-state index < -0.39 is 0 Å². The van der Waals surface area contributed by atoms with Crippen LogP contribution in [0.1, 0.15) is 59.1 Å². The lowest BCUT2D eigenvalue weighted by molar-refractivity contribution is 0.255. The van der Waals surface area contributed by atoms with Crippen LogP contribution in [0.15, 0.2) is 97.1 Å². The summed E-state index contributed by atoms with van der Waals surface area (Å²) in [5, 5.41) is 2.27. The van der Waals surface area contributed by atoms with Gasteiger partial charge in [0.2, 0.25) is 13.4 Å². The summed E-state index contributed by atoms with van der Waals surface area (Å²) in [6.07, 6.45) is 4.50. The molecule has 0 N–H and O–H groups in total. The molecule has 6 aromatic rings. The predicted molar refractivity (Wildman–Crippen MR) is 300 cm³/mol. The van der Waals surface area contributed by atoms with Gasteiger partial charge in [-0.25, -0.2) is 4.79 Å². The van der Waals surface area contributed by atoms with E-state index in [4.69, 9.17) is 0 Å². The van der Waals surface area contributed by atoms with E-state index >= 15 is 4.79 Å². The van der Waals surface area contributed by atoms with Crippen LogP contribution in [0.4, 0.5) is 27.5 Å². The number of anilines is 4. The van der Waals surface area contributed by atoms with Crippen molar-refractivity contribution in [2.75, 3.05) is 9.80 Å². The van der Waals surface area contributed by atoms with Crippen molar-refractivity contribution in [1.82, 2.24) is 0 Å². The van der Waals surface area contributed by atoms with E-state index in [1.165, 1.54) is 76.9 Å². The molecule has 286 valence electrons. The normalized spacial score (nSPS) is 21.5. The maximum absolute atomic E-state index is 16.6. The van der Waals surface area contributed by atoms with E-state index in [0.717, 1.165) is 48.4 Å². The van der Waals surface area contributed by atoms with Crippen molar-refractivity contribution in [2.24, 2.45) is 0 Å². The fraction of sp³-hybridized carbons (Fsp3) is 0.222. The Kier molecular flexibility index (Phi) is 7.68. The Morgan fingerprint density at radius 2 is 0.726 bits per heavy atom. The molecule has 0 spiro atoms. The number of amides is 2. The minimum Gasteiger partial charge on any atom is -0.263 e. The van der Waals surface area contributed by atoms with Crippen LogP contribution in [0.2, 0.25) is 0 Å². The molecule has 2 amide bonds. The Morgan fingerprint density at radius 1 is 0.403 bits per heavy atom. The topological polar surface area (TPSA) is 23.6 Å². The Morgan fingerprint density at radius 3 is 1.08 bits per heavy atom. The molecular formula is C45H48B14N2O. The molecule has 0 atom stereocenters. The van der Waals surface area contributed by atoms with Gasteiger partial charge < -0.3 is 0 Å². The summed E-state index contributed by atoms with van der Waals surface area (Å²) < 4.78 is 0. The molecule has 6 aliphatic rings. The lowest BCUT2D eigenvalue weighted by Gasteiger charge is -2.50. The van der Waals surface area contributed by atoms with E-state index in [1.54, 1.807) is 0 Å². The van der Waals surface area contributed by atoms with E-state index in [1.807, 2.05) is 0 Å². The molecule has 6 aromatic carbocycles. The zero-order valence-electron chi connectivity index (χ0n) is 39.0. The molecule has 0 bridgehead atoms. The number of urea groups is 1. The lowest BCUT2D eigenvalue weighted by Crippen LogP contribution is -2.65. The molecule has 17 heteroatoms. The number of hydrogen-bond donors (Lipinski definition) is 0. The SMILES string of the molecule is BC1(B)CCC(B)(B)c2cc3c(cc21)B(c1ccccc1)c1cc2c4c(cc5c6c4c1N3C(=O)N6c1cc3c(cc1B5c1ccccc1)C(B)(B)CCC3(B)B)C(B)(B)C2(B)B. The molecule has 3 nitrogen and oxygen atoms in total. The van der Waals surface area contributed by atoms with Crippen molar-refractivity contribution in [3.63, 3.8) is 0 Å². The third kappa shape index (κ3) is 4.79. The van der Waals surface area contributed by atoms with Gasteiger partial charge in [0, 0.05) is 16.8 Å². The third-order valence-corrected chi connectivity index (χ3v) is 18.1. The number of fused-ring (bicyclic) bond motifs is 6. The van der Waals surface area contributed by atoms with Crippen molar-refractivity contribution < 1.29 is 4.79 Å². The number of carbonyl (C=O) groups is 1. The lowest BCUT2D eigenvalue weighted by atomic mass is 9.28. The minimum atomic E-state index is -0.170. The summed E-state index contributed by atoms with van der Waals surface area (Å²) in [5.74, 6) is 0. The summed E-state index contributed by atoms with van der Waals surface area (Å²) >= 11 is 0. The second-order valence-electron chi connectivity index (χ2n) is 23.8. The molecule has 3 heterocycles. The van der Waals surface area contributed by atoms with Crippen molar-refractivity contribution >= 4 is 180 Å². The van der Waals surface area contributed by atoms with Gasteiger partial charge in [-0.2, -0.15) is 0 Å². The van der Waals surface area contributed by atoms with Crippen LogP contribution in [0.25, 0.3) is 10.8 Å². The highest BCUT2D eigenvalue weighted by molar-refractivity contribution is 7.00. The highest BCUT2D eigenvalue weighted by Gasteiger charge is 2.55. The summed E-state index contributed by atoms with van der Waals surface area (Å²) in [4.78, 5) is 21.0. The fourth-order valence-corrected chi connectivity index (χ4v) is 13.4. The zero-order chi connectivity index (χ0) is 43.4. The average Bonchev–Trinajstić information content (AvgIpc) is 3.38. The Hall–Kier alpha value is -4.24. The first-order chi connectivity index (χ1) is 29.2. The molecule has 3 aliphatic heterocycles. The molecule has 0 aromatic heterocycles. The van der Waals surface area contributed by atoms with Crippen LogP contribution >= 0.6 is 0 Å². The van der Waals surface area contributed by atoms with Crippen molar-refractivity contribution in [1.29, 1.82) is 0 Å². The monoisotopic (exact) mass is 787 g/mol. The van der Waals surface area contributed by atoms with Gasteiger partial charge in [-0.15, -0.1) is 0 Å². The van der Waals surface area contributed by atoms with Crippen LogP contribution < -0.4 is 42.6 Å². The number of rotatable bonds is 2. The zero-order valence-corrected chi connectivity index (χ0v) is 39.0. The molecule has 0 saturated carbocycles. The number of carbonyl (C=O) groups excluding carboxylic acids is 1. The molecule has 0 fully saturated rings. The maximum atomic E-state index is 16.6. The van der Waals surface area contributed by atoms with Gasteiger partial charge in [-0.1, -0.05) is 186 Å². The summed E-state index contributed by atoms with van der Waals surface area (Å²) in [6, 6.07) is 37.5. The van der Waals surface area contributed by atoms with Crippen molar-refractivity contribution in [3.05, 3.63) is 130 Å². The van der Waals surface area contributed by atoms with E-state index in [0.29, 0.717) is 0 Å². The molecule has 62 heavy (non-hydrogen) atoms. The Labute approximate surface area is 379 Å². The summed E-state index contributed by atoms with van der Waals surface area (Å²) in [6.45, 7) is -0.0588. The molecule has 0 unspecified atom stereocenters. The first-order valence-electron chi connectivity index (χ1n) is 23.5. The average molecular weight is 784 g/mol. The summed E-state index contributed by atoms with van der Waals surface area (Å²) in [7, 11) is 29.3. The van der Waals surface area contributed by atoms with Crippen LogP contribution in [0.3, 0.4) is 0 Å². The second kappa shape index (κ2) is 12.1. The molecule has 0 radical (unpaired) electrons. The highest BCUT2D eigenvalue weighted by atomic mass is 16.2. The molecule has 0 saturated heterocycles. The fourth-order valence-electron chi connectivity index (χ4n) is 13.4. The van der Waals surface area contributed by atoms with E-state index in [2.05, 4.69) is 201 Å². The predicted octanol–water partition coefficient (Wildman–Crippen LogP) is -6.98. The van der Waals surface area contributed by atoms with Gasteiger partial charge in [0.1, 0.15) is 94.2 Å².